The average Bonchev–Trinajstić information content (AvgIpc) is 2.83. The molecule has 1 aromatic rings. The minimum atomic E-state index is -0.456. The molecular formula is C31H53NO2. The zero-order valence-corrected chi connectivity index (χ0v) is 24.1. The summed E-state index contributed by atoms with van der Waals surface area (Å²) in [4.78, 5) is 13.8. The Bertz CT molecular complexity index is 726. The number of allylic oxidation sites excluding steroid dienone is 3. The van der Waals surface area contributed by atoms with Crippen molar-refractivity contribution in [3.63, 3.8) is 0 Å². The Hall–Kier alpha value is -2.29. The number of ether oxygens (including phenoxy) is 1. The summed E-state index contributed by atoms with van der Waals surface area (Å²) in [7, 11) is 0. The normalized spacial score (nSPS) is 17.1. The maximum Gasteiger partial charge on any atom is 0.270 e. The van der Waals surface area contributed by atoms with Crippen LogP contribution in [0, 0.1) is 10.8 Å². The summed E-state index contributed by atoms with van der Waals surface area (Å²) in [5, 5.41) is 0. The number of benzene rings is 1. The van der Waals surface area contributed by atoms with Gasteiger partial charge in [-0.2, -0.15) is 0 Å². The van der Waals surface area contributed by atoms with Gasteiger partial charge in [0.05, 0.1) is 6.04 Å². The average molecular weight is 472 g/mol. The molecule has 1 aromatic carbocycles. The highest BCUT2D eigenvalue weighted by Crippen LogP contribution is 2.41. The first kappa shape index (κ1) is 33.9. The number of hydrogen-bond donors (Lipinski definition) is 0. The Morgan fingerprint density at radius 2 is 1.59 bits per heavy atom. The summed E-state index contributed by atoms with van der Waals surface area (Å²) in [6.07, 6.45) is 8.64. The van der Waals surface area contributed by atoms with E-state index in [9.17, 15) is 4.79 Å². The Labute approximate surface area is 212 Å². The summed E-state index contributed by atoms with van der Waals surface area (Å²) in [5.74, 6) is 0.435. The van der Waals surface area contributed by atoms with Gasteiger partial charge in [-0.05, 0) is 42.4 Å². The number of carbonyl (C=O) groups excluding carboxylic acids is 1. The van der Waals surface area contributed by atoms with Crippen LogP contribution in [-0.2, 0) is 9.53 Å². The van der Waals surface area contributed by atoms with E-state index in [2.05, 4.69) is 54.7 Å². The third-order valence-corrected chi connectivity index (χ3v) is 6.24. The molecule has 0 N–H and O–H groups in total. The Kier molecular flexibility index (Phi) is 17.1. The van der Waals surface area contributed by atoms with Crippen LogP contribution in [0.25, 0.3) is 0 Å². The fraction of sp³-hybridized carbons (Fsp3) is 0.581. The third kappa shape index (κ3) is 10.8. The zero-order chi connectivity index (χ0) is 26.9. The van der Waals surface area contributed by atoms with Gasteiger partial charge < -0.3 is 9.64 Å². The maximum absolute atomic E-state index is 12.1. The second-order valence-electron chi connectivity index (χ2n) is 9.62. The largest absolute Gasteiger partial charge is 0.479 e. The highest BCUT2D eigenvalue weighted by molar-refractivity contribution is 6.04. The Morgan fingerprint density at radius 1 is 1.06 bits per heavy atom. The van der Waals surface area contributed by atoms with Crippen molar-refractivity contribution in [3.8, 4) is 0 Å². The lowest BCUT2D eigenvalue weighted by molar-refractivity contribution is -0.137. The van der Waals surface area contributed by atoms with Gasteiger partial charge in [-0.15, -0.1) is 0 Å². The van der Waals surface area contributed by atoms with E-state index in [0.29, 0.717) is 16.6 Å². The summed E-state index contributed by atoms with van der Waals surface area (Å²) >= 11 is 0. The monoisotopic (exact) mass is 471 g/mol. The van der Waals surface area contributed by atoms with Crippen LogP contribution in [-0.4, -0.2) is 18.1 Å². The predicted octanol–water partition coefficient (Wildman–Crippen LogP) is 9.36. The standard InChI is InChI=1S/C16H17NO2.C11H24.2C2H6/c1-4-5-9-12(2)19-15-13(3)17(16(15)18)14-10-7-6-8-11-14;1-7-8-9-11(5,6)10(2,3)4;2*1-2/h4-11,13,15H,1-2H2,3H3;7-9H2,1-6H3;2*1-2H3/b9-5-;;;. The van der Waals surface area contributed by atoms with Gasteiger partial charge in [0.2, 0.25) is 0 Å². The molecule has 0 aromatic heterocycles. The van der Waals surface area contributed by atoms with Crippen molar-refractivity contribution in [2.45, 2.75) is 108 Å². The van der Waals surface area contributed by atoms with Crippen LogP contribution < -0.4 is 4.90 Å². The van der Waals surface area contributed by atoms with Gasteiger partial charge in [0.15, 0.2) is 6.10 Å². The molecule has 0 radical (unpaired) electrons. The van der Waals surface area contributed by atoms with Crippen LogP contribution in [0.3, 0.4) is 0 Å². The lowest BCUT2D eigenvalue weighted by atomic mass is 9.67. The Morgan fingerprint density at radius 3 is 2.00 bits per heavy atom. The number of hydrogen-bond acceptors (Lipinski definition) is 2. The molecule has 1 fully saturated rings. The topological polar surface area (TPSA) is 29.5 Å². The quantitative estimate of drug-likeness (QED) is 0.215. The number of β-lactam (4-membered cyclic amide) rings is 1. The number of amides is 1. The molecule has 34 heavy (non-hydrogen) atoms. The number of rotatable bonds is 8. The fourth-order valence-electron chi connectivity index (χ4n) is 3.07. The number of carbonyl (C=O) groups is 1. The van der Waals surface area contributed by atoms with Crippen molar-refractivity contribution in [1.29, 1.82) is 0 Å². The number of unbranched alkanes of at least 4 members (excludes halogenated alkanes) is 1. The second-order valence-corrected chi connectivity index (χ2v) is 9.62. The van der Waals surface area contributed by atoms with Gasteiger partial charge in [0.25, 0.3) is 5.91 Å². The van der Waals surface area contributed by atoms with E-state index >= 15 is 0 Å². The van der Waals surface area contributed by atoms with E-state index in [-0.39, 0.29) is 11.9 Å². The number of nitrogens with zero attached hydrogens (tertiary/aromatic N) is 1. The fourth-order valence-corrected chi connectivity index (χ4v) is 3.07. The third-order valence-electron chi connectivity index (χ3n) is 6.24. The molecule has 1 amide bonds. The molecule has 3 nitrogen and oxygen atoms in total. The summed E-state index contributed by atoms with van der Waals surface area (Å²) in [6.45, 7) is 31.3. The van der Waals surface area contributed by atoms with Crippen LogP contribution in [0.5, 0.6) is 0 Å². The molecule has 1 aliphatic heterocycles. The molecule has 1 saturated heterocycles. The van der Waals surface area contributed by atoms with Crippen molar-refractivity contribution < 1.29 is 9.53 Å². The van der Waals surface area contributed by atoms with Crippen LogP contribution in [0.15, 0.2) is 67.5 Å². The van der Waals surface area contributed by atoms with E-state index < -0.39 is 6.10 Å². The minimum absolute atomic E-state index is 0.00350. The molecule has 0 saturated carbocycles. The molecular weight excluding hydrogens is 418 g/mol. The number of para-hydroxylation sites is 1. The van der Waals surface area contributed by atoms with Gasteiger partial charge in [-0.25, -0.2) is 0 Å². The highest BCUT2D eigenvalue weighted by atomic mass is 16.5. The maximum atomic E-state index is 12.1. The van der Waals surface area contributed by atoms with Crippen molar-refractivity contribution in [2.75, 3.05) is 4.90 Å². The predicted molar refractivity (Wildman–Crippen MR) is 152 cm³/mol. The van der Waals surface area contributed by atoms with Crippen LogP contribution in [0.4, 0.5) is 5.69 Å². The lowest BCUT2D eigenvalue weighted by Crippen LogP contribution is -2.64. The summed E-state index contributed by atoms with van der Waals surface area (Å²) in [6, 6.07) is 9.58. The molecule has 194 valence electrons. The first-order valence-corrected chi connectivity index (χ1v) is 13.0. The van der Waals surface area contributed by atoms with Gasteiger partial charge in [-0.1, -0.05) is 126 Å². The van der Waals surface area contributed by atoms with E-state index in [4.69, 9.17) is 4.74 Å². The van der Waals surface area contributed by atoms with E-state index in [1.165, 1.54) is 19.3 Å². The van der Waals surface area contributed by atoms with Gasteiger partial charge >= 0.3 is 0 Å². The lowest BCUT2D eigenvalue weighted by Gasteiger charge is -2.44. The molecule has 1 aliphatic rings. The minimum Gasteiger partial charge on any atom is -0.479 e. The SMILES string of the molecule is C=C/C=C\C(=C)OC1C(=O)N(c2ccccc2)C1C.CC.CC.CCCCC(C)(C)C(C)(C)C. The first-order chi connectivity index (χ1) is 16.0. The Balaban J connectivity index is 0. The number of anilines is 1. The molecule has 2 rings (SSSR count). The second kappa shape index (κ2) is 17.2. The smallest absolute Gasteiger partial charge is 0.270 e. The molecule has 1 heterocycles. The van der Waals surface area contributed by atoms with Crippen molar-refractivity contribution in [1.82, 2.24) is 0 Å². The van der Waals surface area contributed by atoms with Crippen molar-refractivity contribution >= 4 is 11.6 Å². The van der Waals surface area contributed by atoms with Crippen LogP contribution in [0.1, 0.15) is 95.4 Å². The zero-order valence-electron chi connectivity index (χ0n) is 24.1. The van der Waals surface area contributed by atoms with Crippen molar-refractivity contribution in [2.24, 2.45) is 10.8 Å². The first-order valence-electron chi connectivity index (χ1n) is 13.0. The summed E-state index contributed by atoms with van der Waals surface area (Å²) < 4.78 is 5.54. The molecule has 3 heteroatoms. The molecule has 2 unspecified atom stereocenters. The molecule has 0 spiro atoms. The van der Waals surface area contributed by atoms with Crippen LogP contribution in [0.2, 0.25) is 0 Å². The van der Waals surface area contributed by atoms with E-state index in [0.717, 1.165) is 5.69 Å². The van der Waals surface area contributed by atoms with E-state index in [1.54, 1.807) is 23.1 Å². The highest BCUT2D eigenvalue weighted by Gasteiger charge is 2.47. The van der Waals surface area contributed by atoms with Crippen LogP contribution >= 0.6 is 0 Å². The van der Waals surface area contributed by atoms with E-state index in [1.807, 2.05) is 65.0 Å². The molecule has 0 bridgehead atoms. The van der Waals surface area contributed by atoms with Gasteiger partial charge in [-0.3, -0.25) is 4.79 Å². The molecule has 2 atom stereocenters. The molecule has 0 aliphatic carbocycles. The van der Waals surface area contributed by atoms with Gasteiger partial charge in [0, 0.05) is 5.69 Å². The van der Waals surface area contributed by atoms with Gasteiger partial charge in [0.1, 0.15) is 5.76 Å². The van der Waals surface area contributed by atoms with Crippen molar-refractivity contribution in [3.05, 3.63) is 67.5 Å². The summed E-state index contributed by atoms with van der Waals surface area (Å²) in [5.41, 5.74) is 1.83.